The lowest BCUT2D eigenvalue weighted by atomic mass is 10.1. The molecule has 0 saturated carbocycles. The molecule has 0 radical (unpaired) electrons. The Morgan fingerprint density at radius 1 is 1.67 bits per heavy atom. The van der Waals surface area contributed by atoms with Crippen LogP contribution in [0.5, 0.6) is 0 Å². The van der Waals surface area contributed by atoms with E-state index in [0.717, 1.165) is 0 Å². The van der Waals surface area contributed by atoms with E-state index in [0.29, 0.717) is 3.57 Å². The molecule has 0 unspecified atom stereocenters. The lowest BCUT2D eigenvalue weighted by Gasteiger charge is -2.07. The van der Waals surface area contributed by atoms with Gasteiger partial charge in [-0.15, -0.1) is 0 Å². The van der Waals surface area contributed by atoms with E-state index < -0.39 is 12.4 Å². The van der Waals surface area contributed by atoms with Crippen molar-refractivity contribution < 1.29 is 18.3 Å². The van der Waals surface area contributed by atoms with Crippen LogP contribution in [0.15, 0.2) is 12.3 Å². The van der Waals surface area contributed by atoms with Crippen LogP contribution in [0.3, 0.4) is 0 Å². The maximum Gasteiger partial charge on any atom is 0.311 e. The predicted molar refractivity (Wildman–Crippen MR) is 57.6 cm³/mol. The largest absolute Gasteiger partial charge is 0.469 e. The average molecular weight is 327 g/mol. The number of nitrogens with zero attached hydrogens (tertiary/aromatic N) is 1. The third kappa shape index (κ3) is 3.37. The molecule has 1 heterocycles. The molecule has 1 aromatic rings. The van der Waals surface area contributed by atoms with Gasteiger partial charge in [-0.3, -0.25) is 9.78 Å². The van der Waals surface area contributed by atoms with Crippen molar-refractivity contribution in [3.8, 4) is 0 Å². The average Bonchev–Trinajstić information content (AvgIpc) is 2.20. The number of pyridine rings is 1. The molecule has 0 N–H and O–H groups in total. The van der Waals surface area contributed by atoms with Gasteiger partial charge >= 0.3 is 5.97 Å². The maximum atomic E-state index is 12.6. The highest BCUT2D eigenvalue weighted by molar-refractivity contribution is 14.1. The Balaban J connectivity index is 3.00. The number of alkyl halides is 2. The van der Waals surface area contributed by atoms with Crippen molar-refractivity contribution in [3.05, 3.63) is 27.1 Å². The Labute approximate surface area is 99.0 Å². The van der Waals surface area contributed by atoms with Gasteiger partial charge in [0.25, 0.3) is 6.43 Å². The highest BCUT2D eigenvalue weighted by Gasteiger charge is 2.17. The van der Waals surface area contributed by atoms with Gasteiger partial charge in [0.1, 0.15) is 0 Å². The van der Waals surface area contributed by atoms with E-state index >= 15 is 0 Å². The monoisotopic (exact) mass is 327 g/mol. The molecule has 0 fully saturated rings. The number of carbonyl (C=O) groups is 1. The van der Waals surface area contributed by atoms with E-state index in [9.17, 15) is 13.6 Å². The first kappa shape index (κ1) is 12.3. The summed E-state index contributed by atoms with van der Waals surface area (Å²) in [4.78, 5) is 14.7. The fourth-order valence-electron chi connectivity index (χ4n) is 1.03. The SMILES string of the molecule is COC(=O)Cc1ncc(I)cc1C(F)F. The van der Waals surface area contributed by atoms with Gasteiger partial charge < -0.3 is 4.74 Å². The van der Waals surface area contributed by atoms with Crippen molar-refractivity contribution in [2.24, 2.45) is 0 Å². The summed E-state index contributed by atoms with van der Waals surface area (Å²) in [7, 11) is 1.21. The summed E-state index contributed by atoms with van der Waals surface area (Å²) < 4.78 is 30.1. The lowest BCUT2D eigenvalue weighted by molar-refractivity contribution is -0.139. The van der Waals surface area contributed by atoms with Gasteiger partial charge in [0.15, 0.2) is 0 Å². The second-order valence-electron chi connectivity index (χ2n) is 2.74. The zero-order valence-electron chi connectivity index (χ0n) is 7.84. The van der Waals surface area contributed by atoms with Crippen LogP contribution in [0, 0.1) is 3.57 Å². The first-order chi connectivity index (χ1) is 7.04. The first-order valence-electron chi connectivity index (χ1n) is 4.04. The molecule has 3 nitrogen and oxygen atoms in total. The van der Waals surface area contributed by atoms with Crippen LogP contribution >= 0.6 is 22.6 Å². The van der Waals surface area contributed by atoms with E-state index in [-0.39, 0.29) is 17.7 Å². The minimum absolute atomic E-state index is 0.0669. The molecule has 82 valence electrons. The second-order valence-corrected chi connectivity index (χ2v) is 3.99. The molecule has 0 spiro atoms. The van der Waals surface area contributed by atoms with Crippen molar-refractivity contribution in [3.63, 3.8) is 0 Å². The van der Waals surface area contributed by atoms with Crippen LogP contribution in [0.2, 0.25) is 0 Å². The van der Waals surface area contributed by atoms with E-state index in [2.05, 4.69) is 9.72 Å². The standard InChI is InChI=1S/C9H8F2INO2/c1-15-8(14)3-7-6(9(10)11)2-5(12)4-13-7/h2,4,9H,3H2,1H3. The minimum atomic E-state index is -2.63. The predicted octanol–water partition coefficient (Wildman–Crippen LogP) is 2.34. The Hall–Kier alpha value is -0.790. The Kier molecular flexibility index (Phi) is 4.37. The molecular weight excluding hydrogens is 319 g/mol. The number of esters is 1. The summed E-state index contributed by atoms with van der Waals surface area (Å²) in [5.41, 5.74) is -0.149. The number of hydrogen-bond acceptors (Lipinski definition) is 3. The molecule has 0 aliphatic rings. The first-order valence-corrected chi connectivity index (χ1v) is 5.11. The summed E-state index contributed by atoms with van der Waals surface area (Å²) in [5.74, 6) is -0.578. The summed E-state index contributed by atoms with van der Waals surface area (Å²) in [5, 5.41) is 0. The molecule has 15 heavy (non-hydrogen) atoms. The van der Waals surface area contributed by atoms with Crippen molar-refractivity contribution >= 4 is 28.6 Å². The Morgan fingerprint density at radius 2 is 2.33 bits per heavy atom. The van der Waals surface area contributed by atoms with Crippen molar-refractivity contribution in [2.75, 3.05) is 7.11 Å². The molecule has 0 saturated heterocycles. The van der Waals surface area contributed by atoms with Gasteiger partial charge in [-0.05, 0) is 28.7 Å². The smallest absolute Gasteiger partial charge is 0.311 e. The number of ether oxygens (including phenoxy) is 1. The maximum absolute atomic E-state index is 12.6. The molecule has 0 atom stereocenters. The van der Waals surface area contributed by atoms with Crippen LogP contribution in [0.1, 0.15) is 17.7 Å². The van der Waals surface area contributed by atoms with Crippen LogP contribution in [0.4, 0.5) is 8.78 Å². The van der Waals surface area contributed by atoms with Crippen molar-refractivity contribution in [2.45, 2.75) is 12.8 Å². The van der Waals surface area contributed by atoms with Crippen LogP contribution in [-0.4, -0.2) is 18.1 Å². The molecule has 0 aliphatic heterocycles. The zero-order chi connectivity index (χ0) is 11.4. The van der Waals surface area contributed by atoms with Gasteiger partial charge in [-0.25, -0.2) is 8.78 Å². The van der Waals surface area contributed by atoms with E-state index in [4.69, 9.17) is 0 Å². The fourth-order valence-corrected chi connectivity index (χ4v) is 1.50. The summed E-state index contributed by atoms with van der Waals surface area (Å²) >= 11 is 1.89. The Bertz CT molecular complexity index is 371. The highest BCUT2D eigenvalue weighted by Crippen LogP contribution is 2.23. The van der Waals surface area contributed by atoms with Gasteiger partial charge in [0, 0.05) is 15.3 Å². The molecule has 1 aromatic heterocycles. The van der Waals surface area contributed by atoms with E-state index in [1.165, 1.54) is 19.4 Å². The molecule has 1 rings (SSSR count). The van der Waals surface area contributed by atoms with Gasteiger partial charge in [-0.2, -0.15) is 0 Å². The second kappa shape index (κ2) is 5.34. The fraction of sp³-hybridized carbons (Fsp3) is 0.333. The zero-order valence-corrected chi connectivity index (χ0v) is 9.99. The number of carbonyl (C=O) groups excluding carboxylic acids is 1. The number of hydrogen-bond donors (Lipinski definition) is 0. The molecule has 0 aliphatic carbocycles. The van der Waals surface area contributed by atoms with Crippen LogP contribution < -0.4 is 0 Å². The van der Waals surface area contributed by atoms with Gasteiger partial charge in [-0.1, -0.05) is 0 Å². The number of rotatable bonds is 3. The van der Waals surface area contributed by atoms with Crippen molar-refractivity contribution in [1.29, 1.82) is 0 Å². The molecular formula is C9H8F2INO2. The van der Waals surface area contributed by atoms with Crippen molar-refractivity contribution in [1.82, 2.24) is 4.98 Å². The highest BCUT2D eigenvalue weighted by atomic mass is 127. The topological polar surface area (TPSA) is 39.2 Å². The Morgan fingerprint density at radius 3 is 2.87 bits per heavy atom. The summed E-state index contributed by atoms with van der Waals surface area (Å²) in [6.07, 6.45) is -1.43. The third-order valence-electron chi connectivity index (χ3n) is 1.74. The van der Waals surface area contributed by atoms with Gasteiger partial charge in [0.05, 0.1) is 19.2 Å². The van der Waals surface area contributed by atoms with Crippen LogP contribution in [0.25, 0.3) is 0 Å². The summed E-state index contributed by atoms with van der Waals surface area (Å²) in [6, 6.07) is 1.32. The van der Waals surface area contributed by atoms with E-state index in [1.54, 1.807) is 0 Å². The third-order valence-corrected chi connectivity index (χ3v) is 2.33. The molecule has 0 aromatic carbocycles. The normalized spacial score (nSPS) is 10.5. The molecule has 6 heteroatoms. The molecule has 0 bridgehead atoms. The molecule has 0 amide bonds. The number of methoxy groups -OCH3 is 1. The lowest BCUT2D eigenvalue weighted by Crippen LogP contribution is -2.09. The quantitative estimate of drug-likeness (QED) is 0.632. The van der Waals surface area contributed by atoms with E-state index in [1.807, 2.05) is 22.6 Å². The number of aromatic nitrogens is 1. The van der Waals surface area contributed by atoms with Gasteiger partial charge in [0.2, 0.25) is 0 Å². The summed E-state index contributed by atoms with van der Waals surface area (Å²) in [6.45, 7) is 0. The minimum Gasteiger partial charge on any atom is -0.469 e. The van der Waals surface area contributed by atoms with Crippen LogP contribution in [-0.2, 0) is 16.0 Å². The number of halogens is 3.